The molecule has 2 N–H and O–H groups in total. The van der Waals surface area contributed by atoms with Gasteiger partial charge in [-0.25, -0.2) is 4.68 Å². The van der Waals surface area contributed by atoms with Crippen LogP contribution < -0.4 is 10.6 Å². The van der Waals surface area contributed by atoms with Crippen LogP contribution in [0.2, 0.25) is 0 Å². The predicted molar refractivity (Wildman–Crippen MR) is 85.3 cm³/mol. The zero-order valence-corrected chi connectivity index (χ0v) is 12.4. The van der Waals surface area contributed by atoms with Crippen LogP contribution in [0.25, 0.3) is 0 Å². The van der Waals surface area contributed by atoms with Crippen molar-refractivity contribution in [1.29, 1.82) is 0 Å². The van der Waals surface area contributed by atoms with Gasteiger partial charge in [0.2, 0.25) is 11.9 Å². The fraction of sp³-hybridized carbons (Fsp3) is 0.500. The zero-order chi connectivity index (χ0) is 14.5. The maximum Gasteiger partial charge on any atom is 0.246 e. The Morgan fingerprint density at radius 3 is 2.57 bits per heavy atom. The first kappa shape index (κ1) is 13.9. The van der Waals surface area contributed by atoms with E-state index in [0.717, 1.165) is 38.4 Å². The van der Waals surface area contributed by atoms with Gasteiger partial charge in [-0.1, -0.05) is 30.3 Å². The van der Waals surface area contributed by atoms with Crippen molar-refractivity contribution in [3.63, 3.8) is 0 Å². The number of rotatable bonds is 5. The standard InChI is InChI=1S/C16H23N5/c17-15-18-16(20-11-5-2-6-12-20)19-21(15)13-7-10-14-8-3-1-4-9-14/h1,3-4,8-9H,2,5-7,10-13H2,(H2,17,18,19). The Morgan fingerprint density at radius 1 is 1.05 bits per heavy atom. The lowest BCUT2D eigenvalue weighted by Gasteiger charge is -2.24. The van der Waals surface area contributed by atoms with Crippen molar-refractivity contribution >= 4 is 11.9 Å². The van der Waals surface area contributed by atoms with E-state index in [1.807, 2.05) is 10.7 Å². The number of nitrogens with zero attached hydrogens (tertiary/aromatic N) is 4. The van der Waals surface area contributed by atoms with E-state index in [0.29, 0.717) is 5.95 Å². The zero-order valence-electron chi connectivity index (χ0n) is 12.4. The molecule has 0 spiro atoms. The van der Waals surface area contributed by atoms with Gasteiger partial charge in [0.05, 0.1) is 0 Å². The molecule has 1 aromatic carbocycles. The van der Waals surface area contributed by atoms with E-state index >= 15 is 0 Å². The number of nitrogens with two attached hydrogens (primary N) is 1. The van der Waals surface area contributed by atoms with Crippen molar-refractivity contribution in [2.45, 2.75) is 38.6 Å². The third-order valence-electron chi connectivity index (χ3n) is 4.01. The molecule has 0 unspecified atom stereocenters. The molecule has 0 atom stereocenters. The third-order valence-corrected chi connectivity index (χ3v) is 4.01. The predicted octanol–water partition coefficient (Wildman–Crippen LogP) is 2.48. The summed E-state index contributed by atoms with van der Waals surface area (Å²) in [6, 6.07) is 10.5. The van der Waals surface area contributed by atoms with Crippen LogP contribution in [-0.2, 0) is 13.0 Å². The molecule has 1 aliphatic heterocycles. The second-order valence-corrected chi connectivity index (χ2v) is 5.63. The lowest BCUT2D eigenvalue weighted by molar-refractivity contribution is 0.553. The Balaban J connectivity index is 1.57. The highest BCUT2D eigenvalue weighted by Crippen LogP contribution is 2.17. The molecular weight excluding hydrogens is 262 g/mol. The average molecular weight is 285 g/mol. The van der Waals surface area contributed by atoms with Gasteiger partial charge in [0, 0.05) is 19.6 Å². The van der Waals surface area contributed by atoms with Gasteiger partial charge in [-0.2, -0.15) is 4.98 Å². The topological polar surface area (TPSA) is 60.0 Å². The summed E-state index contributed by atoms with van der Waals surface area (Å²) >= 11 is 0. The van der Waals surface area contributed by atoms with E-state index in [2.05, 4.69) is 39.2 Å². The number of aryl methyl sites for hydroxylation is 2. The molecule has 5 heteroatoms. The third kappa shape index (κ3) is 3.54. The Labute approximate surface area is 125 Å². The first-order chi connectivity index (χ1) is 10.3. The molecular formula is C16H23N5. The fourth-order valence-electron chi connectivity index (χ4n) is 2.81. The van der Waals surface area contributed by atoms with E-state index in [1.165, 1.54) is 24.8 Å². The van der Waals surface area contributed by atoms with Gasteiger partial charge in [-0.15, -0.1) is 5.10 Å². The lowest BCUT2D eigenvalue weighted by atomic mass is 10.1. The Bertz CT molecular complexity index is 557. The Morgan fingerprint density at radius 2 is 1.81 bits per heavy atom. The summed E-state index contributed by atoms with van der Waals surface area (Å²) in [6.07, 6.45) is 5.82. The number of hydrogen-bond donors (Lipinski definition) is 1. The summed E-state index contributed by atoms with van der Waals surface area (Å²) in [5.74, 6) is 1.33. The van der Waals surface area contributed by atoms with Crippen molar-refractivity contribution in [3.05, 3.63) is 35.9 Å². The van der Waals surface area contributed by atoms with Gasteiger partial charge in [-0.05, 0) is 37.7 Å². The molecule has 1 fully saturated rings. The van der Waals surface area contributed by atoms with Crippen LogP contribution in [0, 0.1) is 0 Å². The largest absolute Gasteiger partial charge is 0.368 e. The summed E-state index contributed by atoms with van der Waals surface area (Å²) in [5.41, 5.74) is 7.34. The normalized spacial score (nSPS) is 15.3. The van der Waals surface area contributed by atoms with Crippen molar-refractivity contribution < 1.29 is 0 Å². The lowest BCUT2D eigenvalue weighted by Crippen LogP contribution is -2.30. The fourth-order valence-corrected chi connectivity index (χ4v) is 2.81. The van der Waals surface area contributed by atoms with Gasteiger partial charge in [0.15, 0.2) is 0 Å². The van der Waals surface area contributed by atoms with Crippen LogP contribution in [0.3, 0.4) is 0 Å². The van der Waals surface area contributed by atoms with E-state index in [9.17, 15) is 0 Å². The molecule has 1 aliphatic rings. The van der Waals surface area contributed by atoms with Gasteiger partial charge in [0.25, 0.3) is 0 Å². The molecule has 2 aromatic rings. The minimum absolute atomic E-state index is 0.531. The first-order valence-electron chi connectivity index (χ1n) is 7.82. The number of nitrogen functional groups attached to an aromatic ring is 1. The molecule has 3 rings (SSSR count). The Hall–Kier alpha value is -2.04. The summed E-state index contributed by atoms with van der Waals surface area (Å²) in [6.45, 7) is 2.92. The summed E-state index contributed by atoms with van der Waals surface area (Å²) in [5, 5.41) is 4.57. The van der Waals surface area contributed by atoms with Crippen molar-refractivity contribution in [1.82, 2.24) is 14.8 Å². The minimum atomic E-state index is 0.531. The first-order valence-corrected chi connectivity index (χ1v) is 7.82. The quantitative estimate of drug-likeness (QED) is 0.917. The molecule has 1 saturated heterocycles. The minimum Gasteiger partial charge on any atom is -0.368 e. The summed E-state index contributed by atoms with van der Waals surface area (Å²) in [7, 11) is 0. The van der Waals surface area contributed by atoms with E-state index < -0.39 is 0 Å². The van der Waals surface area contributed by atoms with Crippen LogP contribution in [0.15, 0.2) is 30.3 Å². The maximum atomic E-state index is 5.99. The van der Waals surface area contributed by atoms with Crippen molar-refractivity contribution in [2.24, 2.45) is 0 Å². The van der Waals surface area contributed by atoms with Gasteiger partial charge >= 0.3 is 0 Å². The Kier molecular flexibility index (Phi) is 4.38. The highest BCUT2D eigenvalue weighted by Gasteiger charge is 2.16. The van der Waals surface area contributed by atoms with Gasteiger partial charge in [-0.3, -0.25) is 0 Å². The van der Waals surface area contributed by atoms with E-state index in [1.54, 1.807) is 0 Å². The number of hydrogen-bond acceptors (Lipinski definition) is 4. The van der Waals surface area contributed by atoms with E-state index in [4.69, 9.17) is 5.73 Å². The highest BCUT2D eigenvalue weighted by molar-refractivity contribution is 5.35. The molecule has 0 radical (unpaired) electrons. The number of benzene rings is 1. The van der Waals surface area contributed by atoms with Crippen molar-refractivity contribution in [3.8, 4) is 0 Å². The molecule has 21 heavy (non-hydrogen) atoms. The number of anilines is 2. The van der Waals surface area contributed by atoms with Crippen LogP contribution in [0.4, 0.5) is 11.9 Å². The summed E-state index contributed by atoms with van der Waals surface area (Å²) in [4.78, 5) is 6.66. The highest BCUT2D eigenvalue weighted by atomic mass is 15.4. The number of aromatic nitrogens is 3. The van der Waals surface area contributed by atoms with Crippen molar-refractivity contribution in [2.75, 3.05) is 23.7 Å². The molecule has 0 amide bonds. The maximum absolute atomic E-state index is 5.99. The second kappa shape index (κ2) is 6.61. The molecule has 112 valence electrons. The SMILES string of the molecule is Nc1nc(N2CCCCC2)nn1CCCc1ccccc1. The van der Waals surface area contributed by atoms with Crippen LogP contribution in [0.1, 0.15) is 31.2 Å². The molecule has 0 bridgehead atoms. The van der Waals surface area contributed by atoms with Gasteiger partial charge < -0.3 is 10.6 Å². The monoisotopic (exact) mass is 285 g/mol. The summed E-state index contributed by atoms with van der Waals surface area (Å²) < 4.78 is 1.84. The smallest absolute Gasteiger partial charge is 0.246 e. The van der Waals surface area contributed by atoms with Gasteiger partial charge in [0.1, 0.15) is 0 Å². The van der Waals surface area contributed by atoms with Crippen LogP contribution in [0.5, 0.6) is 0 Å². The number of piperidine rings is 1. The molecule has 5 nitrogen and oxygen atoms in total. The molecule has 2 heterocycles. The second-order valence-electron chi connectivity index (χ2n) is 5.63. The molecule has 0 saturated carbocycles. The van der Waals surface area contributed by atoms with Crippen LogP contribution >= 0.6 is 0 Å². The van der Waals surface area contributed by atoms with E-state index in [-0.39, 0.29) is 0 Å². The average Bonchev–Trinajstić information content (AvgIpc) is 2.91. The molecule has 1 aromatic heterocycles. The molecule has 0 aliphatic carbocycles. The van der Waals surface area contributed by atoms with Crippen LogP contribution in [-0.4, -0.2) is 27.9 Å².